The molecule has 0 aliphatic rings. The van der Waals surface area contributed by atoms with Crippen LogP contribution in [0.4, 0.5) is 15.8 Å². The Hall–Kier alpha value is -1.66. The van der Waals surface area contributed by atoms with Crippen molar-refractivity contribution >= 4 is 44.5 Å². The number of nitrogens with two attached hydrogens (primary N) is 1. The maximum atomic E-state index is 13.2. The fourth-order valence-corrected chi connectivity index (χ4v) is 2.44. The Morgan fingerprint density at radius 2 is 2.05 bits per heavy atom. The third kappa shape index (κ3) is 3.26. The Morgan fingerprint density at radius 3 is 2.65 bits per heavy atom. The molecule has 0 spiro atoms. The number of nitrogens with one attached hydrogen (secondary N) is 1. The maximum Gasteiger partial charge on any atom is 0.133 e. The van der Waals surface area contributed by atoms with Crippen molar-refractivity contribution in [3.05, 3.63) is 52.3 Å². The van der Waals surface area contributed by atoms with E-state index in [0.717, 1.165) is 15.9 Å². The smallest absolute Gasteiger partial charge is 0.133 e. The topological polar surface area (TPSA) is 47.3 Å². The largest absolute Gasteiger partial charge is 0.496 e. The molecule has 0 aromatic heterocycles. The van der Waals surface area contributed by atoms with Crippen molar-refractivity contribution < 1.29 is 9.13 Å². The molecule has 0 amide bonds. The molecule has 0 heterocycles. The highest BCUT2D eigenvalue weighted by Crippen LogP contribution is 2.30. The highest BCUT2D eigenvalue weighted by molar-refractivity contribution is 9.10. The SMILES string of the molecule is COc1ccc(Nc2ccc(F)cc2C(N)=S)cc1Br. The van der Waals surface area contributed by atoms with Gasteiger partial charge in [0, 0.05) is 16.9 Å². The average molecular weight is 355 g/mol. The molecule has 2 rings (SSSR count). The van der Waals surface area contributed by atoms with Crippen LogP contribution >= 0.6 is 28.1 Å². The summed E-state index contributed by atoms with van der Waals surface area (Å²) in [4.78, 5) is 0.138. The first-order valence-corrected chi connectivity index (χ1v) is 6.91. The normalized spacial score (nSPS) is 10.2. The first-order valence-electron chi connectivity index (χ1n) is 5.71. The fourth-order valence-electron chi connectivity index (χ4n) is 1.73. The van der Waals surface area contributed by atoms with Gasteiger partial charge in [0.25, 0.3) is 0 Å². The van der Waals surface area contributed by atoms with Crippen LogP contribution in [0.3, 0.4) is 0 Å². The zero-order valence-corrected chi connectivity index (χ0v) is 13.0. The van der Waals surface area contributed by atoms with Crippen LogP contribution in [0.2, 0.25) is 0 Å². The molecule has 0 bridgehead atoms. The second-order valence-corrected chi connectivity index (χ2v) is 5.32. The number of hydrogen-bond acceptors (Lipinski definition) is 3. The molecule has 2 aromatic carbocycles. The van der Waals surface area contributed by atoms with Crippen molar-refractivity contribution in [2.75, 3.05) is 12.4 Å². The Kier molecular flexibility index (Phi) is 4.57. The summed E-state index contributed by atoms with van der Waals surface area (Å²) < 4.78 is 19.2. The summed E-state index contributed by atoms with van der Waals surface area (Å²) in [5.41, 5.74) is 7.53. The first-order chi connectivity index (χ1) is 9.51. The van der Waals surface area contributed by atoms with Crippen LogP contribution in [-0.4, -0.2) is 12.1 Å². The number of methoxy groups -OCH3 is 1. The van der Waals surface area contributed by atoms with E-state index in [4.69, 9.17) is 22.7 Å². The Morgan fingerprint density at radius 1 is 1.30 bits per heavy atom. The molecule has 0 unspecified atom stereocenters. The van der Waals surface area contributed by atoms with Crippen molar-refractivity contribution in [3.63, 3.8) is 0 Å². The quantitative estimate of drug-likeness (QED) is 0.815. The van der Waals surface area contributed by atoms with Crippen molar-refractivity contribution in [1.82, 2.24) is 0 Å². The van der Waals surface area contributed by atoms with E-state index in [1.54, 1.807) is 13.2 Å². The molecular formula is C14H12BrFN2OS. The molecule has 0 aliphatic carbocycles. The van der Waals surface area contributed by atoms with Crippen molar-refractivity contribution in [1.29, 1.82) is 0 Å². The Bertz CT molecular complexity index is 664. The molecule has 104 valence electrons. The standard InChI is InChI=1S/C14H12BrFN2OS/c1-19-13-5-3-9(7-11(13)15)18-12-4-2-8(16)6-10(12)14(17)20/h2-7,18H,1H3,(H2,17,20). The van der Waals surface area contributed by atoms with Gasteiger partial charge in [0.1, 0.15) is 16.6 Å². The summed E-state index contributed by atoms with van der Waals surface area (Å²) in [5.74, 6) is 0.346. The molecule has 3 N–H and O–H groups in total. The number of rotatable bonds is 4. The van der Waals surface area contributed by atoms with Crippen LogP contribution in [0.1, 0.15) is 5.56 Å². The van der Waals surface area contributed by atoms with E-state index in [1.165, 1.54) is 12.1 Å². The van der Waals surface area contributed by atoms with Crippen LogP contribution in [0.5, 0.6) is 5.75 Å². The van der Waals surface area contributed by atoms with Gasteiger partial charge < -0.3 is 15.8 Å². The van der Waals surface area contributed by atoms with Crippen LogP contribution in [0.25, 0.3) is 0 Å². The van der Waals surface area contributed by atoms with Gasteiger partial charge in [-0.3, -0.25) is 0 Å². The lowest BCUT2D eigenvalue weighted by Crippen LogP contribution is -2.12. The third-order valence-corrected chi connectivity index (χ3v) is 3.52. The van der Waals surface area contributed by atoms with Crippen molar-refractivity contribution in [2.45, 2.75) is 0 Å². The van der Waals surface area contributed by atoms with E-state index < -0.39 is 0 Å². The molecule has 2 aromatic rings. The Balaban J connectivity index is 2.35. The monoisotopic (exact) mass is 354 g/mol. The average Bonchev–Trinajstić information content (AvgIpc) is 2.41. The summed E-state index contributed by atoms with van der Waals surface area (Å²) in [6.07, 6.45) is 0. The summed E-state index contributed by atoms with van der Waals surface area (Å²) in [6.45, 7) is 0. The molecule has 3 nitrogen and oxygen atoms in total. The number of thiocarbonyl (C=S) groups is 1. The number of hydrogen-bond donors (Lipinski definition) is 2. The van der Waals surface area contributed by atoms with Crippen LogP contribution in [0, 0.1) is 5.82 Å². The van der Waals surface area contributed by atoms with Gasteiger partial charge in [-0.15, -0.1) is 0 Å². The van der Waals surface area contributed by atoms with Gasteiger partial charge in [0.05, 0.1) is 11.6 Å². The van der Waals surface area contributed by atoms with Crippen molar-refractivity contribution in [2.24, 2.45) is 5.73 Å². The van der Waals surface area contributed by atoms with Crippen LogP contribution in [0.15, 0.2) is 40.9 Å². The minimum Gasteiger partial charge on any atom is -0.496 e. The fraction of sp³-hybridized carbons (Fsp3) is 0.0714. The zero-order chi connectivity index (χ0) is 14.7. The van der Waals surface area contributed by atoms with E-state index in [2.05, 4.69) is 21.2 Å². The van der Waals surface area contributed by atoms with Gasteiger partial charge in [-0.2, -0.15) is 0 Å². The molecule has 0 saturated carbocycles. The summed E-state index contributed by atoms with van der Waals surface area (Å²) in [6, 6.07) is 9.77. The number of anilines is 2. The van der Waals surface area contributed by atoms with E-state index in [9.17, 15) is 4.39 Å². The van der Waals surface area contributed by atoms with Gasteiger partial charge in [0.15, 0.2) is 0 Å². The molecule has 0 atom stereocenters. The lowest BCUT2D eigenvalue weighted by atomic mass is 10.1. The molecule has 6 heteroatoms. The molecule has 0 fully saturated rings. The lowest BCUT2D eigenvalue weighted by Gasteiger charge is -2.12. The molecule has 20 heavy (non-hydrogen) atoms. The highest BCUT2D eigenvalue weighted by atomic mass is 79.9. The van der Waals surface area contributed by atoms with Crippen molar-refractivity contribution in [3.8, 4) is 5.75 Å². The minimum absolute atomic E-state index is 0.138. The second kappa shape index (κ2) is 6.19. The second-order valence-electron chi connectivity index (χ2n) is 4.03. The minimum atomic E-state index is -0.380. The van der Waals surface area contributed by atoms with E-state index in [1.807, 2.05) is 18.2 Å². The summed E-state index contributed by atoms with van der Waals surface area (Å²) in [7, 11) is 1.60. The maximum absolute atomic E-state index is 13.2. The molecule has 0 radical (unpaired) electrons. The van der Waals surface area contributed by atoms with E-state index >= 15 is 0 Å². The highest BCUT2D eigenvalue weighted by Gasteiger charge is 2.08. The van der Waals surface area contributed by atoms with Gasteiger partial charge in [-0.1, -0.05) is 12.2 Å². The van der Waals surface area contributed by atoms with E-state index in [0.29, 0.717) is 11.3 Å². The predicted molar refractivity (Wildman–Crippen MR) is 86.3 cm³/mol. The van der Waals surface area contributed by atoms with Gasteiger partial charge in [-0.25, -0.2) is 4.39 Å². The predicted octanol–water partition coefficient (Wildman–Crippen LogP) is 3.97. The van der Waals surface area contributed by atoms with Crippen LogP contribution < -0.4 is 15.8 Å². The van der Waals surface area contributed by atoms with Crippen LogP contribution in [-0.2, 0) is 0 Å². The van der Waals surface area contributed by atoms with Gasteiger partial charge in [0.2, 0.25) is 0 Å². The third-order valence-electron chi connectivity index (χ3n) is 2.68. The lowest BCUT2D eigenvalue weighted by molar-refractivity contribution is 0.412. The molecular weight excluding hydrogens is 343 g/mol. The Labute approximate surface area is 130 Å². The van der Waals surface area contributed by atoms with Gasteiger partial charge in [-0.05, 0) is 52.3 Å². The molecule has 0 aliphatic heterocycles. The van der Waals surface area contributed by atoms with E-state index in [-0.39, 0.29) is 10.8 Å². The number of halogens is 2. The number of ether oxygens (including phenoxy) is 1. The zero-order valence-electron chi connectivity index (χ0n) is 10.6. The number of benzene rings is 2. The first kappa shape index (κ1) is 14.7. The van der Waals surface area contributed by atoms with Gasteiger partial charge >= 0.3 is 0 Å². The molecule has 0 saturated heterocycles. The summed E-state index contributed by atoms with van der Waals surface area (Å²) >= 11 is 8.34. The summed E-state index contributed by atoms with van der Waals surface area (Å²) in [5, 5.41) is 3.15.